The molecule has 1 amide bonds. The lowest BCUT2D eigenvalue weighted by Gasteiger charge is -2.13. The predicted octanol–water partition coefficient (Wildman–Crippen LogP) is 0.871. The van der Waals surface area contributed by atoms with Crippen LogP contribution in [0.3, 0.4) is 0 Å². The Morgan fingerprint density at radius 2 is 2.24 bits per heavy atom. The fourth-order valence-corrected chi connectivity index (χ4v) is 1.88. The smallest absolute Gasteiger partial charge is 0.305 e. The Kier molecular flexibility index (Phi) is 5.97. The van der Waals surface area contributed by atoms with Gasteiger partial charge in [0.1, 0.15) is 0 Å². The van der Waals surface area contributed by atoms with Gasteiger partial charge in [0.25, 0.3) is 0 Å². The molecule has 1 N–H and O–H groups in total. The van der Waals surface area contributed by atoms with Gasteiger partial charge < -0.3 is 14.8 Å². The lowest BCUT2D eigenvalue weighted by atomic mass is 10.0. The molecule has 1 rings (SSSR count). The van der Waals surface area contributed by atoms with Crippen molar-refractivity contribution >= 4 is 11.9 Å². The van der Waals surface area contributed by atoms with E-state index >= 15 is 0 Å². The van der Waals surface area contributed by atoms with Gasteiger partial charge in [-0.3, -0.25) is 9.59 Å². The summed E-state index contributed by atoms with van der Waals surface area (Å²) in [4.78, 5) is 22.8. The van der Waals surface area contributed by atoms with Crippen molar-refractivity contribution in [3.63, 3.8) is 0 Å². The minimum atomic E-state index is -0.209. The number of carbonyl (C=O) groups excluding carboxylic acids is 2. The molecule has 2 unspecified atom stereocenters. The lowest BCUT2D eigenvalue weighted by molar-refractivity contribution is -0.143. The molecule has 1 aliphatic rings. The van der Waals surface area contributed by atoms with Crippen molar-refractivity contribution in [1.29, 1.82) is 0 Å². The quantitative estimate of drug-likeness (QED) is 0.555. The van der Waals surface area contributed by atoms with Crippen LogP contribution in [0.2, 0.25) is 0 Å². The third kappa shape index (κ3) is 4.73. The molecule has 0 bridgehead atoms. The first-order valence-corrected chi connectivity index (χ1v) is 6.20. The molecule has 1 heterocycles. The van der Waals surface area contributed by atoms with Crippen LogP contribution in [0.15, 0.2) is 0 Å². The van der Waals surface area contributed by atoms with Crippen molar-refractivity contribution in [2.75, 3.05) is 19.8 Å². The van der Waals surface area contributed by atoms with E-state index in [-0.39, 0.29) is 23.9 Å². The maximum Gasteiger partial charge on any atom is 0.305 e. The molecule has 1 saturated heterocycles. The first-order chi connectivity index (χ1) is 8.15. The maximum atomic E-state index is 11.7. The van der Waals surface area contributed by atoms with Gasteiger partial charge in [-0.1, -0.05) is 0 Å². The molecule has 0 saturated carbocycles. The second-order valence-electron chi connectivity index (χ2n) is 4.17. The van der Waals surface area contributed by atoms with Crippen molar-refractivity contribution < 1.29 is 19.1 Å². The third-order valence-electron chi connectivity index (χ3n) is 2.88. The fourth-order valence-electron chi connectivity index (χ4n) is 1.88. The second-order valence-corrected chi connectivity index (χ2v) is 4.17. The highest BCUT2D eigenvalue weighted by atomic mass is 16.5. The average Bonchev–Trinajstić information content (AvgIpc) is 2.71. The molecule has 1 aliphatic heterocycles. The SMILES string of the molecule is CCOC(=O)CCCNC(=O)C1CCOC1C. The Labute approximate surface area is 102 Å². The van der Waals surface area contributed by atoms with Crippen LogP contribution in [-0.2, 0) is 19.1 Å². The molecule has 0 spiro atoms. The molecule has 1 fully saturated rings. The Morgan fingerprint density at radius 3 is 2.82 bits per heavy atom. The minimum Gasteiger partial charge on any atom is -0.466 e. The van der Waals surface area contributed by atoms with E-state index in [1.807, 2.05) is 6.92 Å². The number of ether oxygens (including phenoxy) is 2. The zero-order valence-electron chi connectivity index (χ0n) is 10.5. The number of esters is 1. The number of nitrogens with one attached hydrogen (secondary N) is 1. The molecule has 2 atom stereocenters. The van der Waals surface area contributed by atoms with Gasteiger partial charge in [0.2, 0.25) is 5.91 Å². The minimum absolute atomic E-state index is 0.0000525. The molecule has 5 heteroatoms. The topological polar surface area (TPSA) is 64.6 Å². The highest BCUT2D eigenvalue weighted by molar-refractivity contribution is 5.79. The van der Waals surface area contributed by atoms with Crippen LogP contribution in [0.1, 0.15) is 33.1 Å². The lowest BCUT2D eigenvalue weighted by Crippen LogP contribution is -2.34. The summed E-state index contributed by atoms with van der Waals surface area (Å²) in [5, 5.41) is 2.83. The van der Waals surface area contributed by atoms with Crippen LogP contribution in [0.5, 0.6) is 0 Å². The Bertz CT molecular complexity index is 267. The number of amides is 1. The van der Waals surface area contributed by atoms with E-state index in [0.717, 1.165) is 6.42 Å². The summed E-state index contributed by atoms with van der Waals surface area (Å²) in [6, 6.07) is 0. The van der Waals surface area contributed by atoms with Gasteiger partial charge in [-0.25, -0.2) is 0 Å². The molecule has 0 aromatic rings. The van der Waals surface area contributed by atoms with E-state index in [4.69, 9.17) is 9.47 Å². The molecular formula is C12H21NO4. The predicted molar refractivity (Wildman–Crippen MR) is 62.4 cm³/mol. The number of hydrogen-bond donors (Lipinski definition) is 1. The van der Waals surface area contributed by atoms with E-state index < -0.39 is 0 Å². The van der Waals surface area contributed by atoms with Crippen molar-refractivity contribution in [3.8, 4) is 0 Å². The Balaban J connectivity index is 2.10. The third-order valence-corrected chi connectivity index (χ3v) is 2.88. The van der Waals surface area contributed by atoms with Crippen LogP contribution < -0.4 is 5.32 Å². The monoisotopic (exact) mass is 243 g/mol. The van der Waals surface area contributed by atoms with Gasteiger partial charge in [-0.2, -0.15) is 0 Å². The summed E-state index contributed by atoms with van der Waals surface area (Å²) in [5.74, 6) is -0.226. The Hall–Kier alpha value is -1.10. The molecule has 0 radical (unpaired) electrons. The fraction of sp³-hybridized carbons (Fsp3) is 0.833. The van der Waals surface area contributed by atoms with E-state index in [1.54, 1.807) is 6.92 Å². The van der Waals surface area contributed by atoms with Crippen molar-refractivity contribution in [3.05, 3.63) is 0 Å². The van der Waals surface area contributed by atoms with E-state index in [0.29, 0.717) is 32.6 Å². The summed E-state index contributed by atoms with van der Waals surface area (Å²) >= 11 is 0. The van der Waals surface area contributed by atoms with Crippen molar-refractivity contribution in [2.45, 2.75) is 39.2 Å². The zero-order chi connectivity index (χ0) is 12.7. The van der Waals surface area contributed by atoms with Gasteiger partial charge in [0, 0.05) is 19.6 Å². The molecule has 5 nitrogen and oxygen atoms in total. The zero-order valence-corrected chi connectivity index (χ0v) is 10.5. The molecule has 0 aromatic heterocycles. The maximum absolute atomic E-state index is 11.7. The van der Waals surface area contributed by atoms with Crippen molar-refractivity contribution in [2.24, 2.45) is 5.92 Å². The molecule has 98 valence electrons. The van der Waals surface area contributed by atoms with Crippen LogP contribution in [-0.4, -0.2) is 37.7 Å². The number of carbonyl (C=O) groups is 2. The molecular weight excluding hydrogens is 222 g/mol. The molecule has 0 aliphatic carbocycles. The largest absolute Gasteiger partial charge is 0.466 e. The first-order valence-electron chi connectivity index (χ1n) is 6.20. The summed E-state index contributed by atoms with van der Waals surface area (Å²) in [5.41, 5.74) is 0. The van der Waals surface area contributed by atoms with Gasteiger partial charge >= 0.3 is 5.97 Å². The summed E-state index contributed by atoms with van der Waals surface area (Å²) in [7, 11) is 0. The van der Waals surface area contributed by atoms with Gasteiger partial charge in [-0.15, -0.1) is 0 Å². The van der Waals surface area contributed by atoms with Crippen LogP contribution in [0, 0.1) is 5.92 Å². The van der Waals surface area contributed by atoms with E-state index in [2.05, 4.69) is 5.32 Å². The number of hydrogen-bond acceptors (Lipinski definition) is 4. The molecule has 0 aromatic carbocycles. The summed E-state index contributed by atoms with van der Waals surface area (Å²) in [6.45, 7) is 5.27. The summed E-state index contributed by atoms with van der Waals surface area (Å²) in [6.07, 6.45) is 1.75. The standard InChI is InChI=1S/C12H21NO4/c1-3-16-11(14)5-4-7-13-12(15)10-6-8-17-9(10)2/h9-10H,3-8H2,1-2H3,(H,13,15). The second kappa shape index (κ2) is 7.27. The highest BCUT2D eigenvalue weighted by Gasteiger charge is 2.30. The highest BCUT2D eigenvalue weighted by Crippen LogP contribution is 2.20. The first kappa shape index (κ1) is 14.0. The molecule has 17 heavy (non-hydrogen) atoms. The van der Waals surface area contributed by atoms with E-state index in [1.165, 1.54) is 0 Å². The normalized spacial score (nSPS) is 23.4. The van der Waals surface area contributed by atoms with Gasteiger partial charge in [0.05, 0.1) is 18.6 Å². The van der Waals surface area contributed by atoms with Crippen LogP contribution >= 0.6 is 0 Å². The van der Waals surface area contributed by atoms with Gasteiger partial charge in [-0.05, 0) is 26.7 Å². The van der Waals surface area contributed by atoms with Crippen molar-refractivity contribution in [1.82, 2.24) is 5.32 Å². The van der Waals surface area contributed by atoms with Gasteiger partial charge in [0.15, 0.2) is 0 Å². The Morgan fingerprint density at radius 1 is 1.47 bits per heavy atom. The van der Waals surface area contributed by atoms with Crippen LogP contribution in [0.4, 0.5) is 0 Å². The average molecular weight is 243 g/mol. The number of rotatable bonds is 6. The van der Waals surface area contributed by atoms with E-state index in [9.17, 15) is 9.59 Å². The van der Waals surface area contributed by atoms with Crippen LogP contribution in [0.25, 0.3) is 0 Å². The summed E-state index contributed by atoms with van der Waals surface area (Å²) < 4.78 is 10.1.